The van der Waals surface area contributed by atoms with Gasteiger partial charge in [-0.1, -0.05) is 24.3 Å². The molecule has 6 nitrogen and oxygen atoms in total. The average Bonchev–Trinajstić information content (AvgIpc) is 2.96. The third-order valence-electron chi connectivity index (χ3n) is 2.90. The molecule has 0 aliphatic rings. The summed E-state index contributed by atoms with van der Waals surface area (Å²) in [5, 5.41) is 18.6. The number of imidazole rings is 1. The lowest BCUT2D eigenvalue weighted by molar-refractivity contribution is -0.136. The maximum absolute atomic E-state index is 10.2. The van der Waals surface area contributed by atoms with Gasteiger partial charge in [-0.2, -0.15) is 0 Å². The van der Waals surface area contributed by atoms with Gasteiger partial charge in [0.1, 0.15) is 11.9 Å². The molecule has 1 atom stereocenters. The predicted molar refractivity (Wildman–Crippen MR) is 82.3 cm³/mol. The SMILES string of the molecule is CC(O)c1ncc(CC(=O)O)[nH]1.c1ccc2ncccc2c1. The van der Waals surface area contributed by atoms with Crippen molar-refractivity contribution in [3.8, 4) is 0 Å². The number of H-pyrrole nitrogens is 1. The Morgan fingerprint density at radius 2 is 1.95 bits per heavy atom. The van der Waals surface area contributed by atoms with E-state index in [1.54, 1.807) is 6.92 Å². The zero-order valence-corrected chi connectivity index (χ0v) is 12.1. The molecular formula is C16H17N3O3. The molecule has 0 amide bonds. The Labute approximate surface area is 127 Å². The van der Waals surface area contributed by atoms with Crippen molar-refractivity contribution in [3.05, 3.63) is 60.3 Å². The quantitative estimate of drug-likeness (QED) is 0.689. The van der Waals surface area contributed by atoms with Crippen molar-refractivity contribution < 1.29 is 15.0 Å². The van der Waals surface area contributed by atoms with Crippen LogP contribution in [0.5, 0.6) is 0 Å². The molecule has 0 fully saturated rings. The largest absolute Gasteiger partial charge is 0.481 e. The fraction of sp³-hybridized carbons (Fsp3) is 0.188. The Morgan fingerprint density at radius 3 is 2.59 bits per heavy atom. The molecule has 3 rings (SSSR count). The minimum Gasteiger partial charge on any atom is -0.481 e. The maximum Gasteiger partial charge on any atom is 0.309 e. The molecule has 1 unspecified atom stereocenters. The smallest absolute Gasteiger partial charge is 0.309 e. The van der Waals surface area contributed by atoms with Crippen LogP contribution >= 0.6 is 0 Å². The summed E-state index contributed by atoms with van der Waals surface area (Å²) in [4.78, 5) is 20.9. The van der Waals surface area contributed by atoms with Crippen LogP contribution < -0.4 is 0 Å². The van der Waals surface area contributed by atoms with Gasteiger partial charge in [0, 0.05) is 23.5 Å². The first-order chi connectivity index (χ1) is 10.6. The van der Waals surface area contributed by atoms with Crippen LogP contribution in [0.1, 0.15) is 24.5 Å². The van der Waals surface area contributed by atoms with Gasteiger partial charge in [0.25, 0.3) is 0 Å². The van der Waals surface area contributed by atoms with E-state index in [0.29, 0.717) is 11.5 Å². The van der Waals surface area contributed by atoms with Crippen LogP contribution in [-0.4, -0.2) is 31.1 Å². The van der Waals surface area contributed by atoms with Gasteiger partial charge >= 0.3 is 5.97 Å². The topological polar surface area (TPSA) is 99.1 Å². The monoisotopic (exact) mass is 299 g/mol. The zero-order valence-electron chi connectivity index (χ0n) is 12.1. The molecule has 2 heterocycles. The Kier molecular flexibility index (Phi) is 5.21. The summed E-state index contributed by atoms with van der Waals surface area (Å²) in [6.45, 7) is 1.56. The minimum atomic E-state index is -0.921. The number of nitrogens with one attached hydrogen (secondary N) is 1. The maximum atomic E-state index is 10.2. The standard InChI is InChI=1S/C9H7N.C7H10N2O3/c1-2-6-9-8(4-1)5-3-7-10-9;1-4(10)7-8-3-5(9-7)2-6(11)12/h1-7H;3-4,10H,2H2,1H3,(H,8,9)(H,11,12). The number of fused-ring (bicyclic) bond motifs is 1. The molecule has 114 valence electrons. The minimum absolute atomic E-state index is 0.0975. The molecule has 22 heavy (non-hydrogen) atoms. The van der Waals surface area contributed by atoms with Crippen molar-refractivity contribution in [1.29, 1.82) is 0 Å². The first-order valence-electron chi connectivity index (χ1n) is 6.79. The number of aliphatic hydroxyl groups excluding tert-OH is 1. The lowest BCUT2D eigenvalue weighted by atomic mass is 10.2. The zero-order chi connectivity index (χ0) is 15.9. The highest BCUT2D eigenvalue weighted by molar-refractivity contribution is 5.77. The van der Waals surface area contributed by atoms with Gasteiger partial charge in [0.2, 0.25) is 0 Å². The number of pyridine rings is 1. The van der Waals surface area contributed by atoms with E-state index in [9.17, 15) is 4.79 Å². The Balaban J connectivity index is 0.000000162. The molecule has 1 aromatic carbocycles. The lowest BCUT2D eigenvalue weighted by Crippen LogP contribution is -2.00. The van der Waals surface area contributed by atoms with Crippen molar-refractivity contribution >= 4 is 16.9 Å². The summed E-state index contributed by atoms with van der Waals surface area (Å²) in [6, 6.07) is 12.1. The van der Waals surface area contributed by atoms with Gasteiger partial charge < -0.3 is 15.2 Å². The molecule has 0 saturated carbocycles. The van der Waals surface area contributed by atoms with Gasteiger partial charge in [0.15, 0.2) is 0 Å². The summed E-state index contributed by atoms with van der Waals surface area (Å²) < 4.78 is 0. The van der Waals surface area contributed by atoms with E-state index in [2.05, 4.69) is 27.1 Å². The Bertz CT molecular complexity index is 687. The fourth-order valence-corrected chi connectivity index (χ4v) is 1.86. The predicted octanol–water partition coefficient (Wildman–Crippen LogP) is 2.32. The van der Waals surface area contributed by atoms with E-state index in [4.69, 9.17) is 10.2 Å². The number of benzene rings is 1. The van der Waals surface area contributed by atoms with Crippen LogP contribution in [0.3, 0.4) is 0 Å². The number of carboxylic acid groups (broad SMARTS) is 1. The van der Waals surface area contributed by atoms with Crippen LogP contribution in [0.2, 0.25) is 0 Å². The average molecular weight is 299 g/mol. The van der Waals surface area contributed by atoms with Crippen molar-refractivity contribution in [2.45, 2.75) is 19.4 Å². The number of aromatic nitrogens is 3. The van der Waals surface area contributed by atoms with E-state index in [1.807, 2.05) is 30.5 Å². The van der Waals surface area contributed by atoms with E-state index < -0.39 is 12.1 Å². The normalized spacial score (nSPS) is 11.5. The number of aliphatic carboxylic acids is 1. The number of aliphatic hydroxyl groups is 1. The highest BCUT2D eigenvalue weighted by Gasteiger charge is 2.07. The summed E-state index contributed by atoms with van der Waals surface area (Å²) in [7, 11) is 0. The Morgan fingerprint density at radius 1 is 1.23 bits per heavy atom. The summed E-state index contributed by atoms with van der Waals surface area (Å²) >= 11 is 0. The van der Waals surface area contributed by atoms with Gasteiger partial charge in [-0.3, -0.25) is 9.78 Å². The molecule has 3 N–H and O–H groups in total. The molecule has 2 aromatic heterocycles. The summed E-state index contributed by atoms with van der Waals surface area (Å²) in [5.41, 5.74) is 1.56. The number of aromatic amines is 1. The molecular weight excluding hydrogens is 282 g/mol. The summed E-state index contributed by atoms with van der Waals surface area (Å²) in [5.74, 6) is -0.526. The number of carbonyl (C=O) groups is 1. The molecule has 6 heteroatoms. The second-order valence-electron chi connectivity index (χ2n) is 4.74. The number of carboxylic acids is 1. The first-order valence-corrected chi connectivity index (χ1v) is 6.79. The molecule has 0 spiro atoms. The van der Waals surface area contributed by atoms with Crippen LogP contribution in [0.15, 0.2) is 48.8 Å². The Hall–Kier alpha value is -2.73. The third kappa shape index (κ3) is 4.39. The molecule has 0 aliphatic carbocycles. The van der Waals surface area contributed by atoms with Crippen LogP contribution in [0.25, 0.3) is 10.9 Å². The molecule has 0 saturated heterocycles. The van der Waals surface area contributed by atoms with Crippen molar-refractivity contribution in [3.63, 3.8) is 0 Å². The first kappa shape index (κ1) is 15.7. The van der Waals surface area contributed by atoms with E-state index >= 15 is 0 Å². The second kappa shape index (κ2) is 7.33. The second-order valence-corrected chi connectivity index (χ2v) is 4.74. The van der Waals surface area contributed by atoms with E-state index in [0.717, 1.165) is 5.52 Å². The van der Waals surface area contributed by atoms with Gasteiger partial charge in [-0.25, -0.2) is 4.98 Å². The highest BCUT2D eigenvalue weighted by atomic mass is 16.4. The number of nitrogens with zero attached hydrogens (tertiary/aromatic N) is 2. The van der Waals surface area contributed by atoms with Crippen LogP contribution in [-0.2, 0) is 11.2 Å². The van der Waals surface area contributed by atoms with Crippen molar-refractivity contribution in [2.75, 3.05) is 0 Å². The molecule has 3 aromatic rings. The number of para-hydroxylation sites is 1. The van der Waals surface area contributed by atoms with Gasteiger partial charge in [0.05, 0.1) is 11.9 Å². The van der Waals surface area contributed by atoms with Gasteiger partial charge in [-0.05, 0) is 19.1 Å². The number of rotatable bonds is 3. The van der Waals surface area contributed by atoms with Gasteiger partial charge in [-0.15, -0.1) is 0 Å². The summed E-state index contributed by atoms with van der Waals surface area (Å²) in [6.07, 6.45) is 2.44. The lowest BCUT2D eigenvalue weighted by Gasteiger charge is -1.96. The van der Waals surface area contributed by atoms with E-state index in [-0.39, 0.29) is 6.42 Å². The number of hydrogen-bond donors (Lipinski definition) is 3. The highest BCUT2D eigenvalue weighted by Crippen LogP contribution is 2.08. The fourth-order valence-electron chi connectivity index (χ4n) is 1.86. The van der Waals surface area contributed by atoms with Crippen LogP contribution in [0.4, 0.5) is 0 Å². The third-order valence-corrected chi connectivity index (χ3v) is 2.90. The molecule has 0 bridgehead atoms. The van der Waals surface area contributed by atoms with E-state index in [1.165, 1.54) is 11.6 Å². The molecule has 0 radical (unpaired) electrons. The number of hydrogen-bond acceptors (Lipinski definition) is 4. The molecule has 0 aliphatic heterocycles. The van der Waals surface area contributed by atoms with Crippen LogP contribution in [0, 0.1) is 0 Å². The van der Waals surface area contributed by atoms with Crippen molar-refractivity contribution in [2.24, 2.45) is 0 Å². The van der Waals surface area contributed by atoms with Crippen molar-refractivity contribution in [1.82, 2.24) is 15.0 Å².